The van der Waals surface area contributed by atoms with Gasteiger partial charge in [-0.25, -0.2) is 9.37 Å². The Morgan fingerprint density at radius 2 is 1.87 bits per heavy atom. The fourth-order valence-corrected chi connectivity index (χ4v) is 1.19. The van der Waals surface area contributed by atoms with Gasteiger partial charge in [0.05, 0.1) is 0 Å². The van der Waals surface area contributed by atoms with Gasteiger partial charge in [0.2, 0.25) is 5.88 Å². The highest BCUT2D eigenvalue weighted by molar-refractivity contribution is 5.28. The lowest BCUT2D eigenvalue weighted by atomic mass is 10.3. The quantitative estimate of drug-likeness (QED) is 0.746. The lowest BCUT2D eigenvalue weighted by Gasteiger charge is -2.04. The first kappa shape index (κ1) is 9.65. The number of ether oxygens (including phenoxy) is 1. The Morgan fingerprint density at radius 3 is 2.53 bits per heavy atom. The second kappa shape index (κ2) is 4.09. The Bertz CT molecular complexity index is 453. The number of rotatable bonds is 2. The maximum absolute atomic E-state index is 12.6. The summed E-state index contributed by atoms with van der Waals surface area (Å²) >= 11 is 0. The van der Waals surface area contributed by atoms with Gasteiger partial charge in [-0.2, -0.15) is 0 Å². The van der Waals surface area contributed by atoms with Crippen LogP contribution in [0, 0.1) is 12.7 Å². The van der Waals surface area contributed by atoms with Gasteiger partial charge in [-0.15, -0.1) is 0 Å². The van der Waals surface area contributed by atoms with E-state index in [-0.39, 0.29) is 5.82 Å². The average molecular weight is 203 g/mol. The summed E-state index contributed by atoms with van der Waals surface area (Å²) in [6.07, 6.45) is 1.67. The van der Waals surface area contributed by atoms with E-state index in [1.807, 2.05) is 19.1 Å². The van der Waals surface area contributed by atoms with Crippen LogP contribution in [0.3, 0.4) is 0 Å². The van der Waals surface area contributed by atoms with E-state index in [9.17, 15) is 4.39 Å². The maximum Gasteiger partial charge on any atom is 0.219 e. The molecular weight excluding hydrogens is 193 g/mol. The van der Waals surface area contributed by atoms with Crippen molar-refractivity contribution in [2.75, 3.05) is 0 Å². The summed E-state index contributed by atoms with van der Waals surface area (Å²) in [4.78, 5) is 4.04. The van der Waals surface area contributed by atoms with Crippen molar-refractivity contribution in [3.8, 4) is 11.6 Å². The number of hydrogen-bond donors (Lipinski definition) is 0. The van der Waals surface area contributed by atoms with E-state index < -0.39 is 0 Å². The number of pyridine rings is 1. The van der Waals surface area contributed by atoms with Crippen molar-refractivity contribution in [3.63, 3.8) is 0 Å². The van der Waals surface area contributed by atoms with E-state index in [4.69, 9.17) is 4.74 Å². The van der Waals surface area contributed by atoms with Gasteiger partial charge >= 0.3 is 0 Å². The van der Waals surface area contributed by atoms with Crippen LogP contribution in [0.5, 0.6) is 11.6 Å². The Morgan fingerprint density at radius 1 is 1.13 bits per heavy atom. The molecule has 0 N–H and O–H groups in total. The van der Waals surface area contributed by atoms with Crippen LogP contribution in [0.2, 0.25) is 0 Å². The summed E-state index contributed by atoms with van der Waals surface area (Å²) < 4.78 is 18.1. The molecule has 0 aliphatic rings. The lowest BCUT2D eigenvalue weighted by Crippen LogP contribution is -1.88. The summed E-state index contributed by atoms with van der Waals surface area (Å²) in [6, 6.07) is 9.55. The molecule has 0 aliphatic carbocycles. The Balaban J connectivity index is 2.18. The predicted molar refractivity (Wildman–Crippen MR) is 55.4 cm³/mol. The highest BCUT2D eigenvalue weighted by Crippen LogP contribution is 2.19. The van der Waals surface area contributed by atoms with Crippen LogP contribution < -0.4 is 4.74 Å². The van der Waals surface area contributed by atoms with Gasteiger partial charge in [0, 0.05) is 12.3 Å². The monoisotopic (exact) mass is 203 g/mol. The van der Waals surface area contributed by atoms with E-state index in [0.717, 1.165) is 5.56 Å². The first-order valence-corrected chi connectivity index (χ1v) is 4.60. The van der Waals surface area contributed by atoms with Crippen molar-refractivity contribution in [1.82, 2.24) is 4.98 Å². The Kier molecular flexibility index (Phi) is 2.63. The topological polar surface area (TPSA) is 22.1 Å². The van der Waals surface area contributed by atoms with Crippen molar-refractivity contribution in [2.45, 2.75) is 6.92 Å². The minimum atomic E-state index is -0.278. The number of hydrogen-bond acceptors (Lipinski definition) is 2. The minimum absolute atomic E-state index is 0.278. The molecule has 0 aliphatic heterocycles. The third-order valence-electron chi connectivity index (χ3n) is 1.93. The fourth-order valence-electron chi connectivity index (χ4n) is 1.19. The smallest absolute Gasteiger partial charge is 0.219 e. The van der Waals surface area contributed by atoms with Crippen molar-refractivity contribution < 1.29 is 9.13 Å². The van der Waals surface area contributed by atoms with Crippen LogP contribution in [-0.2, 0) is 0 Å². The first-order chi connectivity index (χ1) is 7.24. The molecule has 3 heteroatoms. The third-order valence-corrected chi connectivity index (χ3v) is 1.93. The number of aromatic nitrogens is 1. The SMILES string of the molecule is Cc1ccnc(Oc2ccc(F)cc2)c1. The summed E-state index contributed by atoms with van der Waals surface area (Å²) in [6.45, 7) is 1.96. The predicted octanol–water partition coefficient (Wildman–Crippen LogP) is 3.32. The fraction of sp³-hybridized carbons (Fsp3) is 0.0833. The van der Waals surface area contributed by atoms with Crippen molar-refractivity contribution in [3.05, 3.63) is 54.0 Å². The number of aryl methyl sites for hydroxylation is 1. The molecule has 2 rings (SSSR count). The molecular formula is C12H10FNO. The second-order valence-electron chi connectivity index (χ2n) is 3.23. The Hall–Kier alpha value is -1.90. The number of nitrogens with zero attached hydrogens (tertiary/aromatic N) is 1. The zero-order valence-electron chi connectivity index (χ0n) is 8.27. The molecule has 2 aromatic rings. The van der Waals surface area contributed by atoms with E-state index >= 15 is 0 Å². The van der Waals surface area contributed by atoms with Crippen molar-refractivity contribution >= 4 is 0 Å². The second-order valence-corrected chi connectivity index (χ2v) is 3.23. The molecule has 1 aromatic carbocycles. The molecule has 0 atom stereocenters. The number of halogens is 1. The van der Waals surface area contributed by atoms with Gasteiger partial charge in [-0.05, 0) is 42.8 Å². The van der Waals surface area contributed by atoms with Crippen LogP contribution in [0.15, 0.2) is 42.6 Å². The van der Waals surface area contributed by atoms with Gasteiger partial charge in [0.15, 0.2) is 0 Å². The third kappa shape index (κ3) is 2.53. The molecule has 0 radical (unpaired) electrons. The molecule has 0 amide bonds. The van der Waals surface area contributed by atoms with Crippen LogP contribution in [0.4, 0.5) is 4.39 Å². The van der Waals surface area contributed by atoms with Crippen LogP contribution in [0.25, 0.3) is 0 Å². The summed E-state index contributed by atoms with van der Waals surface area (Å²) in [5, 5.41) is 0. The minimum Gasteiger partial charge on any atom is -0.439 e. The van der Waals surface area contributed by atoms with Crippen molar-refractivity contribution in [2.24, 2.45) is 0 Å². The summed E-state index contributed by atoms with van der Waals surface area (Å²) in [5.74, 6) is 0.815. The summed E-state index contributed by atoms with van der Waals surface area (Å²) in [5.41, 5.74) is 1.07. The molecule has 1 heterocycles. The standard InChI is InChI=1S/C12H10FNO/c1-9-6-7-14-12(8-9)15-11-4-2-10(13)3-5-11/h2-8H,1H3. The largest absolute Gasteiger partial charge is 0.439 e. The molecule has 0 saturated carbocycles. The van der Waals surface area contributed by atoms with E-state index in [0.29, 0.717) is 11.6 Å². The van der Waals surface area contributed by atoms with Crippen molar-refractivity contribution in [1.29, 1.82) is 0 Å². The average Bonchev–Trinajstić information content (AvgIpc) is 2.22. The molecule has 0 unspecified atom stereocenters. The zero-order chi connectivity index (χ0) is 10.7. The normalized spacial score (nSPS) is 10.0. The molecule has 15 heavy (non-hydrogen) atoms. The molecule has 1 aromatic heterocycles. The van der Waals surface area contributed by atoms with E-state index in [1.54, 1.807) is 18.3 Å². The molecule has 0 spiro atoms. The van der Waals surface area contributed by atoms with Gasteiger partial charge in [0.25, 0.3) is 0 Å². The highest BCUT2D eigenvalue weighted by Gasteiger charge is 1.98. The Labute approximate surface area is 87.4 Å². The van der Waals surface area contributed by atoms with Gasteiger partial charge in [-0.3, -0.25) is 0 Å². The van der Waals surface area contributed by atoms with Crippen LogP contribution >= 0.6 is 0 Å². The molecule has 0 bridgehead atoms. The molecule has 0 fully saturated rings. The van der Waals surface area contributed by atoms with Gasteiger partial charge < -0.3 is 4.74 Å². The number of benzene rings is 1. The lowest BCUT2D eigenvalue weighted by molar-refractivity contribution is 0.461. The van der Waals surface area contributed by atoms with Gasteiger partial charge in [-0.1, -0.05) is 0 Å². The van der Waals surface area contributed by atoms with Crippen LogP contribution in [-0.4, -0.2) is 4.98 Å². The van der Waals surface area contributed by atoms with E-state index in [2.05, 4.69) is 4.98 Å². The van der Waals surface area contributed by atoms with E-state index in [1.165, 1.54) is 12.1 Å². The molecule has 2 nitrogen and oxygen atoms in total. The van der Waals surface area contributed by atoms with Crippen LogP contribution in [0.1, 0.15) is 5.56 Å². The highest BCUT2D eigenvalue weighted by atomic mass is 19.1. The zero-order valence-corrected chi connectivity index (χ0v) is 8.27. The molecule has 0 saturated heterocycles. The maximum atomic E-state index is 12.6. The summed E-state index contributed by atoms with van der Waals surface area (Å²) in [7, 11) is 0. The van der Waals surface area contributed by atoms with Gasteiger partial charge in [0.1, 0.15) is 11.6 Å². The molecule has 76 valence electrons. The first-order valence-electron chi connectivity index (χ1n) is 4.60.